The molecule has 4 rings (SSSR count). The summed E-state index contributed by atoms with van der Waals surface area (Å²) < 4.78 is 51.2. The molecule has 0 aromatic heterocycles. The Balaban J connectivity index is 1.43. The van der Waals surface area contributed by atoms with Gasteiger partial charge in [-0.25, -0.2) is 4.79 Å². The van der Waals surface area contributed by atoms with Crippen LogP contribution in [0.25, 0.3) is 0 Å². The van der Waals surface area contributed by atoms with Crippen molar-refractivity contribution < 1.29 is 32.2 Å². The fourth-order valence-corrected chi connectivity index (χ4v) is 5.04. The Hall–Kier alpha value is -2.01. The predicted octanol–water partition coefficient (Wildman–Crippen LogP) is 3.41. The van der Waals surface area contributed by atoms with Crippen LogP contribution in [0.2, 0.25) is 0 Å². The summed E-state index contributed by atoms with van der Waals surface area (Å²) in [5.41, 5.74) is -1.44. The van der Waals surface area contributed by atoms with Crippen LogP contribution in [-0.4, -0.2) is 71.8 Å². The second-order valence-corrected chi connectivity index (χ2v) is 9.63. The molecule has 3 saturated heterocycles. The monoisotopic (exact) mass is 519 g/mol. The molecule has 0 radical (unpaired) electrons. The third-order valence-corrected chi connectivity index (χ3v) is 7.12. The molecule has 0 spiro atoms. The molecule has 4 atom stereocenters. The van der Waals surface area contributed by atoms with Crippen LogP contribution in [0.3, 0.4) is 0 Å². The van der Waals surface area contributed by atoms with Gasteiger partial charge in [0, 0.05) is 26.1 Å². The zero-order valence-electron chi connectivity index (χ0n) is 17.7. The van der Waals surface area contributed by atoms with E-state index in [-0.39, 0.29) is 36.4 Å². The minimum atomic E-state index is -4.47. The number of halogens is 4. The summed E-state index contributed by atoms with van der Waals surface area (Å²) >= 11 is 3.25. The van der Waals surface area contributed by atoms with Crippen molar-refractivity contribution in [1.82, 2.24) is 15.1 Å². The molecule has 0 aliphatic carbocycles. The molecule has 3 amide bonds. The number of carbonyl (C=O) groups is 2. The fourth-order valence-electron chi connectivity index (χ4n) is 4.70. The van der Waals surface area contributed by atoms with Crippen LogP contribution in [0.15, 0.2) is 22.7 Å². The highest BCUT2D eigenvalue weighted by molar-refractivity contribution is 9.10. The lowest BCUT2D eigenvalue weighted by Gasteiger charge is -2.49. The Morgan fingerprint density at radius 3 is 2.78 bits per heavy atom. The third-order valence-electron chi connectivity index (χ3n) is 6.47. The van der Waals surface area contributed by atoms with Gasteiger partial charge < -0.3 is 24.6 Å². The zero-order chi connectivity index (χ0) is 23.3. The number of hydrogen-bond acceptors (Lipinski definition) is 4. The minimum absolute atomic E-state index is 0.0292. The van der Waals surface area contributed by atoms with Crippen molar-refractivity contribution in [1.29, 1.82) is 0 Å². The van der Waals surface area contributed by atoms with Gasteiger partial charge >= 0.3 is 12.2 Å². The van der Waals surface area contributed by atoms with E-state index in [4.69, 9.17) is 9.47 Å². The van der Waals surface area contributed by atoms with E-state index in [0.29, 0.717) is 36.9 Å². The first-order chi connectivity index (χ1) is 15.0. The molecule has 1 aromatic rings. The molecular formula is C21H25BrF3N3O4. The minimum Gasteiger partial charge on any atom is -0.487 e. The molecule has 176 valence electrons. The van der Waals surface area contributed by atoms with E-state index in [1.54, 1.807) is 9.80 Å². The predicted molar refractivity (Wildman–Crippen MR) is 112 cm³/mol. The Labute approximate surface area is 192 Å². The van der Waals surface area contributed by atoms with Gasteiger partial charge in [0.1, 0.15) is 18.5 Å². The number of nitrogens with one attached hydrogen (secondary N) is 1. The summed E-state index contributed by atoms with van der Waals surface area (Å²) in [5.74, 6) is -0.103. The van der Waals surface area contributed by atoms with Gasteiger partial charge in [-0.1, -0.05) is 0 Å². The molecule has 7 nitrogen and oxygen atoms in total. The van der Waals surface area contributed by atoms with Gasteiger partial charge in [0.05, 0.1) is 27.7 Å². The maximum Gasteiger partial charge on any atom is 0.416 e. The van der Waals surface area contributed by atoms with Crippen LogP contribution >= 0.6 is 15.9 Å². The standard InChI is InChI=1S/C21H25BrF3N3O4/c1-12-15(32-16-9-13(21(23,24)25)3-4-14(16)22)5-8-28(12)19(30)27-7-6-17-20(2,11-27)26-18(29)10-31-17/h3-4,9,12,15,17H,5-8,10-11H2,1-2H3,(H,26,29)/t12-,15+,17-,20+/m0/s1. The van der Waals surface area contributed by atoms with E-state index in [1.165, 1.54) is 6.07 Å². The van der Waals surface area contributed by atoms with Crippen molar-refractivity contribution in [3.8, 4) is 5.75 Å². The topological polar surface area (TPSA) is 71.1 Å². The number of benzene rings is 1. The quantitative estimate of drug-likeness (QED) is 0.649. The molecule has 3 aliphatic heterocycles. The largest absolute Gasteiger partial charge is 0.487 e. The summed E-state index contributed by atoms with van der Waals surface area (Å²) in [6.07, 6.45) is -3.94. The fraction of sp³-hybridized carbons (Fsp3) is 0.619. The Morgan fingerprint density at radius 1 is 1.31 bits per heavy atom. The van der Waals surface area contributed by atoms with E-state index < -0.39 is 23.4 Å². The number of amides is 3. The SMILES string of the molecule is C[C@H]1[C@H](Oc2cc(C(F)(F)F)ccc2Br)CCN1C(=O)N1CC[C@@H]2OCC(=O)N[C@]2(C)C1. The number of morpholine rings is 1. The van der Waals surface area contributed by atoms with Gasteiger partial charge in [0.2, 0.25) is 5.91 Å². The molecule has 3 aliphatic rings. The van der Waals surface area contributed by atoms with Crippen molar-refractivity contribution >= 4 is 27.9 Å². The van der Waals surface area contributed by atoms with Crippen LogP contribution in [-0.2, 0) is 15.7 Å². The Bertz CT molecular complexity index is 915. The first-order valence-corrected chi connectivity index (χ1v) is 11.3. The summed E-state index contributed by atoms with van der Waals surface area (Å²) in [6.45, 7) is 5.00. The highest BCUT2D eigenvalue weighted by Gasteiger charge is 2.47. The molecule has 0 unspecified atom stereocenters. The van der Waals surface area contributed by atoms with Gasteiger partial charge in [-0.05, 0) is 54.4 Å². The average Bonchev–Trinajstić information content (AvgIpc) is 3.07. The molecule has 32 heavy (non-hydrogen) atoms. The normalized spacial score (nSPS) is 30.7. The summed E-state index contributed by atoms with van der Waals surface area (Å²) in [5, 5.41) is 2.95. The molecular weight excluding hydrogens is 495 g/mol. The van der Waals surface area contributed by atoms with E-state index in [1.807, 2.05) is 13.8 Å². The average molecular weight is 520 g/mol. The molecule has 3 fully saturated rings. The second kappa shape index (κ2) is 8.40. The number of fused-ring (bicyclic) bond motifs is 1. The number of urea groups is 1. The molecule has 0 bridgehead atoms. The van der Waals surface area contributed by atoms with Gasteiger partial charge in [-0.15, -0.1) is 0 Å². The molecule has 1 aromatic carbocycles. The van der Waals surface area contributed by atoms with Crippen molar-refractivity contribution in [3.63, 3.8) is 0 Å². The highest BCUT2D eigenvalue weighted by atomic mass is 79.9. The molecule has 11 heteroatoms. The van der Waals surface area contributed by atoms with E-state index in [0.717, 1.165) is 12.1 Å². The third kappa shape index (κ3) is 4.41. The summed E-state index contributed by atoms with van der Waals surface area (Å²) in [6, 6.07) is 2.77. The summed E-state index contributed by atoms with van der Waals surface area (Å²) in [4.78, 5) is 28.4. The van der Waals surface area contributed by atoms with Crippen LogP contribution < -0.4 is 10.1 Å². The number of alkyl halides is 3. The maximum atomic E-state index is 13.2. The first kappa shape index (κ1) is 23.2. The van der Waals surface area contributed by atoms with Crippen LogP contribution in [0.5, 0.6) is 5.75 Å². The lowest BCUT2D eigenvalue weighted by atomic mass is 9.86. The van der Waals surface area contributed by atoms with E-state index in [2.05, 4.69) is 21.2 Å². The van der Waals surface area contributed by atoms with Crippen LogP contribution in [0, 0.1) is 0 Å². The first-order valence-electron chi connectivity index (χ1n) is 10.5. The van der Waals surface area contributed by atoms with Gasteiger partial charge in [-0.2, -0.15) is 13.2 Å². The number of rotatable bonds is 2. The van der Waals surface area contributed by atoms with E-state index in [9.17, 15) is 22.8 Å². The number of likely N-dealkylation sites (tertiary alicyclic amines) is 2. The number of hydrogen-bond donors (Lipinski definition) is 1. The van der Waals surface area contributed by atoms with Crippen molar-refractivity contribution in [2.45, 2.75) is 56.7 Å². The highest BCUT2D eigenvalue weighted by Crippen LogP contribution is 2.37. The second-order valence-electron chi connectivity index (χ2n) is 8.78. The van der Waals surface area contributed by atoms with Crippen LogP contribution in [0.4, 0.5) is 18.0 Å². The number of piperidine rings is 1. The van der Waals surface area contributed by atoms with Gasteiger partial charge in [0.15, 0.2) is 0 Å². The van der Waals surface area contributed by atoms with Crippen molar-refractivity contribution in [3.05, 3.63) is 28.2 Å². The van der Waals surface area contributed by atoms with Gasteiger partial charge in [0.25, 0.3) is 0 Å². The Kier molecular flexibility index (Phi) is 6.08. The molecule has 1 N–H and O–H groups in total. The van der Waals surface area contributed by atoms with Crippen molar-refractivity contribution in [2.75, 3.05) is 26.2 Å². The number of nitrogens with zero attached hydrogens (tertiary/aromatic N) is 2. The van der Waals surface area contributed by atoms with Crippen molar-refractivity contribution in [2.24, 2.45) is 0 Å². The lowest BCUT2D eigenvalue weighted by molar-refractivity contribution is -0.148. The molecule has 3 heterocycles. The summed E-state index contributed by atoms with van der Waals surface area (Å²) in [7, 11) is 0. The smallest absolute Gasteiger partial charge is 0.416 e. The van der Waals surface area contributed by atoms with Crippen LogP contribution in [0.1, 0.15) is 32.3 Å². The van der Waals surface area contributed by atoms with Gasteiger partial charge in [-0.3, -0.25) is 4.79 Å². The lowest BCUT2D eigenvalue weighted by Crippen LogP contribution is -2.69. The Morgan fingerprint density at radius 2 is 2.06 bits per heavy atom. The zero-order valence-corrected chi connectivity index (χ0v) is 19.3. The maximum absolute atomic E-state index is 13.2. The van der Waals surface area contributed by atoms with E-state index >= 15 is 0 Å². The number of ether oxygens (including phenoxy) is 2. The molecule has 0 saturated carbocycles. The number of carbonyl (C=O) groups excluding carboxylic acids is 2.